The van der Waals surface area contributed by atoms with Gasteiger partial charge in [-0.25, -0.2) is 0 Å². The molecular formula is C11H18O2. The summed E-state index contributed by atoms with van der Waals surface area (Å²) in [5.41, 5.74) is 1.03. The molecule has 2 unspecified atom stereocenters. The Morgan fingerprint density at radius 3 is 2.31 bits per heavy atom. The summed E-state index contributed by atoms with van der Waals surface area (Å²) >= 11 is 0. The Kier molecular flexibility index (Phi) is 3.15. The topological polar surface area (TPSA) is 33.4 Å². The van der Waals surface area contributed by atoms with Gasteiger partial charge in [-0.1, -0.05) is 20.8 Å². The number of aliphatic hydroxyl groups is 1. The number of furan rings is 1. The maximum atomic E-state index is 9.94. The zero-order valence-electron chi connectivity index (χ0n) is 8.74. The van der Waals surface area contributed by atoms with Gasteiger partial charge >= 0.3 is 0 Å². The molecule has 0 aliphatic rings. The molecule has 1 aromatic rings. The van der Waals surface area contributed by atoms with Gasteiger partial charge in [-0.15, -0.1) is 0 Å². The molecule has 0 bridgehead atoms. The number of aliphatic hydroxyl groups excluding tert-OH is 1. The van der Waals surface area contributed by atoms with E-state index in [1.165, 1.54) is 0 Å². The molecule has 13 heavy (non-hydrogen) atoms. The van der Waals surface area contributed by atoms with Crippen LogP contribution in [-0.4, -0.2) is 5.11 Å². The summed E-state index contributed by atoms with van der Waals surface area (Å²) < 4.78 is 5.25. The van der Waals surface area contributed by atoms with Gasteiger partial charge in [0.1, 0.15) is 11.9 Å². The second-order valence-corrected chi connectivity index (χ2v) is 4.02. The minimum Gasteiger partial charge on any atom is -0.466 e. The first-order valence-electron chi connectivity index (χ1n) is 4.76. The molecule has 0 fully saturated rings. The maximum absolute atomic E-state index is 9.94. The van der Waals surface area contributed by atoms with E-state index in [0.717, 1.165) is 5.56 Å². The molecule has 0 spiro atoms. The quantitative estimate of drug-likeness (QED) is 0.779. The van der Waals surface area contributed by atoms with E-state index in [4.69, 9.17) is 4.42 Å². The Balaban J connectivity index is 2.79. The second kappa shape index (κ2) is 3.97. The third-order valence-corrected chi connectivity index (χ3v) is 2.72. The minimum atomic E-state index is -0.477. The molecule has 0 radical (unpaired) electrons. The van der Waals surface area contributed by atoms with Gasteiger partial charge in [0, 0.05) is 0 Å². The molecule has 0 saturated carbocycles. The summed E-state index contributed by atoms with van der Waals surface area (Å²) in [7, 11) is 0. The highest BCUT2D eigenvalue weighted by Crippen LogP contribution is 2.29. The lowest BCUT2D eigenvalue weighted by Crippen LogP contribution is -2.15. The van der Waals surface area contributed by atoms with Gasteiger partial charge in [-0.2, -0.15) is 0 Å². The lowest BCUT2D eigenvalue weighted by Gasteiger charge is -2.20. The van der Waals surface area contributed by atoms with E-state index in [9.17, 15) is 5.11 Å². The van der Waals surface area contributed by atoms with E-state index in [1.807, 2.05) is 19.9 Å². The lowest BCUT2D eigenvalue weighted by atomic mass is 9.90. The fourth-order valence-electron chi connectivity index (χ4n) is 1.29. The van der Waals surface area contributed by atoms with Gasteiger partial charge in [-0.3, -0.25) is 0 Å². The summed E-state index contributed by atoms with van der Waals surface area (Å²) in [6, 6.07) is 1.88. The smallest absolute Gasteiger partial charge is 0.135 e. The van der Waals surface area contributed by atoms with E-state index < -0.39 is 6.10 Å². The van der Waals surface area contributed by atoms with Crippen LogP contribution in [0.3, 0.4) is 0 Å². The maximum Gasteiger partial charge on any atom is 0.135 e. The largest absolute Gasteiger partial charge is 0.466 e. The predicted molar refractivity (Wildman–Crippen MR) is 52.4 cm³/mol. The fraction of sp³-hybridized carbons (Fsp3) is 0.636. The van der Waals surface area contributed by atoms with Crippen LogP contribution in [0.5, 0.6) is 0 Å². The molecule has 1 heterocycles. The molecule has 1 aromatic heterocycles. The van der Waals surface area contributed by atoms with Gasteiger partial charge in [0.2, 0.25) is 0 Å². The molecule has 0 aliphatic heterocycles. The minimum absolute atomic E-state index is 0.227. The summed E-state index contributed by atoms with van der Waals surface area (Å²) in [5, 5.41) is 9.94. The molecular weight excluding hydrogens is 164 g/mol. The van der Waals surface area contributed by atoms with Gasteiger partial charge in [0.15, 0.2) is 0 Å². The zero-order valence-corrected chi connectivity index (χ0v) is 8.74. The van der Waals surface area contributed by atoms with Crippen molar-refractivity contribution in [2.75, 3.05) is 0 Å². The van der Waals surface area contributed by atoms with Crippen LogP contribution in [-0.2, 0) is 0 Å². The normalized spacial score (nSPS) is 16.2. The highest BCUT2D eigenvalue weighted by molar-refractivity contribution is 5.17. The third-order valence-electron chi connectivity index (χ3n) is 2.72. The first-order chi connectivity index (χ1) is 6.04. The third kappa shape index (κ3) is 2.13. The second-order valence-electron chi connectivity index (χ2n) is 4.02. The molecule has 0 amide bonds. The van der Waals surface area contributed by atoms with Crippen molar-refractivity contribution in [2.24, 2.45) is 11.8 Å². The van der Waals surface area contributed by atoms with Crippen molar-refractivity contribution in [2.45, 2.75) is 33.8 Å². The summed E-state index contributed by atoms with van der Waals surface area (Å²) in [4.78, 5) is 0. The predicted octanol–water partition coefficient (Wildman–Crippen LogP) is 2.91. The number of hydrogen-bond acceptors (Lipinski definition) is 2. The average Bonchev–Trinajstić information content (AvgIpc) is 2.48. The number of hydrogen-bond donors (Lipinski definition) is 1. The monoisotopic (exact) mass is 182 g/mol. The van der Waals surface area contributed by atoms with Gasteiger partial charge in [-0.05, 0) is 30.4 Å². The molecule has 2 atom stereocenters. The first kappa shape index (κ1) is 10.3. The molecule has 0 aliphatic carbocycles. The zero-order chi connectivity index (χ0) is 10.0. The van der Waals surface area contributed by atoms with E-state index in [2.05, 4.69) is 13.8 Å². The Labute approximate surface area is 79.6 Å². The Morgan fingerprint density at radius 2 is 1.92 bits per heavy atom. The summed E-state index contributed by atoms with van der Waals surface area (Å²) in [6.07, 6.45) is 1.15. The first-order valence-corrected chi connectivity index (χ1v) is 4.76. The van der Waals surface area contributed by atoms with Crippen molar-refractivity contribution in [3.05, 3.63) is 23.7 Å². The summed E-state index contributed by atoms with van der Waals surface area (Å²) in [5.74, 6) is 1.39. The highest BCUT2D eigenvalue weighted by Gasteiger charge is 2.23. The van der Waals surface area contributed by atoms with Crippen molar-refractivity contribution < 1.29 is 9.52 Å². The molecule has 0 saturated heterocycles. The van der Waals surface area contributed by atoms with Crippen molar-refractivity contribution in [3.63, 3.8) is 0 Å². The number of rotatable bonds is 3. The van der Waals surface area contributed by atoms with Crippen LogP contribution in [0.4, 0.5) is 0 Å². The Hall–Kier alpha value is -0.760. The SMILES string of the molecule is Cc1ccoc1C(O)C(C)C(C)C. The van der Waals surface area contributed by atoms with Gasteiger partial charge in [0.05, 0.1) is 6.26 Å². The molecule has 2 nitrogen and oxygen atoms in total. The van der Waals surface area contributed by atoms with E-state index in [1.54, 1.807) is 6.26 Å². The van der Waals surface area contributed by atoms with Crippen LogP contribution in [0, 0.1) is 18.8 Å². The van der Waals surface area contributed by atoms with E-state index >= 15 is 0 Å². The molecule has 2 heteroatoms. The highest BCUT2D eigenvalue weighted by atomic mass is 16.4. The van der Waals surface area contributed by atoms with Crippen LogP contribution >= 0.6 is 0 Å². The van der Waals surface area contributed by atoms with Crippen molar-refractivity contribution in [3.8, 4) is 0 Å². The molecule has 1 rings (SSSR count). The Bertz CT molecular complexity index is 263. The van der Waals surface area contributed by atoms with Crippen LogP contribution in [0.1, 0.15) is 38.2 Å². The lowest BCUT2D eigenvalue weighted by molar-refractivity contribution is 0.0708. The average molecular weight is 182 g/mol. The summed E-state index contributed by atoms with van der Waals surface area (Å²) in [6.45, 7) is 8.20. The van der Waals surface area contributed by atoms with Crippen LogP contribution in [0.25, 0.3) is 0 Å². The van der Waals surface area contributed by atoms with E-state index in [0.29, 0.717) is 11.7 Å². The van der Waals surface area contributed by atoms with Crippen molar-refractivity contribution in [1.29, 1.82) is 0 Å². The Morgan fingerprint density at radius 1 is 1.31 bits per heavy atom. The van der Waals surface area contributed by atoms with E-state index in [-0.39, 0.29) is 5.92 Å². The molecule has 74 valence electrons. The number of aryl methyl sites for hydroxylation is 1. The van der Waals surface area contributed by atoms with Crippen molar-refractivity contribution in [1.82, 2.24) is 0 Å². The van der Waals surface area contributed by atoms with Gasteiger partial charge < -0.3 is 9.52 Å². The standard InChI is InChI=1S/C11H18O2/c1-7(2)9(4)10(12)11-8(3)5-6-13-11/h5-7,9-10,12H,1-4H3. The van der Waals surface area contributed by atoms with Crippen LogP contribution in [0.15, 0.2) is 16.7 Å². The van der Waals surface area contributed by atoms with Crippen LogP contribution in [0.2, 0.25) is 0 Å². The fourth-order valence-corrected chi connectivity index (χ4v) is 1.29. The molecule has 1 N–H and O–H groups in total. The van der Waals surface area contributed by atoms with Gasteiger partial charge in [0.25, 0.3) is 0 Å². The van der Waals surface area contributed by atoms with Crippen LogP contribution < -0.4 is 0 Å². The molecule has 0 aromatic carbocycles. The van der Waals surface area contributed by atoms with Crippen molar-refractivity contribution >= 4 is 0 Å².